The molecule has 0 atom stereocenters. The van der Waals surface area contributed by atoms with Crippen molar-refractivity contribution in [3.8, 4) is 0 Å². The van der Waals surface area contributed by atoms with Crippen molar-refractivity contribution in [3.05, 3.63) is 17.1 Å². The van der Waals surface area contributed by atoms with Crippen LogP contribution >= 0.6 is 0 Å². The molecule has 3 rings (SSSR count). The molecule has 4 nitrogen and oxygen atoms in total. The molecule has 0 amide bonds. The third kappa shape index (κ3) is 1.89. The molecule has 1 aliphatic carbocycles. The molecular weight excluding hydrogens is 200 g/mol. The largest absolute Gasteiger partial charge is 0.367 e. The van der Waals surface area contributed by atoms with E-state index in [1.807, 2.05) is 6.92 Å². The number of fused-ring (bicyclic) bond motifs is 1. The Morgan fingerprint density at radius 3 is 2.88 bits per heavy atom. The maximum atomic E-state index is 4.56. The smallest absolute Gasteiger partial charge is 0.134 e. The Hall–Kier alpha value is -1.16. The van der Waals surface area contributed by atoms with E-state index in [9.17, 15) is 0 Å². The number of hydrogen-bond acceptors (Lipinski definition) is 4. The normalized spacial score (nSPS) is 20.6. The molecule has 0 unspecified atom stereocenters. The Balaban J connectivity index is 1.97. The fourth-order valence-corrected chi connectivity index (χ4v) is 2.21. The zero-order valence-corrected chi connectivity index (χ0v) is 9.95. The highest BCUT2D eigenvalue weighted by Crippen LogP contribution is 2.28. The third-order valence-electron chi connectivity index (χ3n) is 3.28. The summed E-state index contributed by atoms with van der Waals surface area (Å²) in [5.74, 6) is 1.98. The molecule has 1 fully saturated rings. The number of rotatable bonds is 2. The van der Waals surface area contributed by atoms with Gasteiger partial charge in [0.1, 0.15) is 11.6 Å². The molecule has 0 saturated heterocycles. The summed E-state index contributed by atoms with van der Waals surface area (Å²) >= 11 is 0. The molecule has 16 heavy (non-hydrogen) atoms. The Bertz CT molecular complexity index is 412. The number of likely N-dealkylation sites (N-methyl/N-ethyl adjacent to an activating group) is 1. The van der Waals surface area contributed by atoms with Gasteiger partial charge in [-0.3, -0.25) is 0 Å². The second-order valence-electron chi connectivity index (χ2n) is 4.95. The lowest BCUT2D eigenvalue weighted by molar-refractivity contribution is 0.309. The summed E-state index contributed by atoms with van der Waals surface area (Å²) in [5.41, 5.74) is 2.56. The van der Waals surface area contributed by atoms with Crippen LogP contribution in [0.15, 0.2) is 0 Å². The molecule has 2 aliphatic rings. The predicted octanol–water partition coefficient (Wildman–Crippen LogP) is 1.35. The number of aromatic nitrogens is 2. The summed E-state index contributed by atoms with van der Waals surface area (Å²) in [5, 5.41) is 3.53. The van der Waals surface area contributed by atoms with Crippen molar-refractivity contribution in [3.63, 3.8) is 0 Å². The van der Waals surface area contributed by atoms with Crippen LogP contribution in [0.5, 0.6) is 0 Å². The van der Waals surface area contributed by atoms with Crippen molar-refractivity contribution in [2.75, 3.05) is 18.9 Å². The number of nitrogens with one attached hydrogen (secondary N) is 1. The van der Waals surface area contributed by atoms with Crippen molar-refractivity contribution < 1.29 is 0 Å². The predicted molar refractivity (Wildman–Crippen MR) is 63.5 cm³/mol. The van der Waals surface area contributed by atoms with Crippen LogP contribution in [0.2, 0.25) is 0 Å². The SMILES string of the molecule is Cc1nc2c(c(NC3CC3)n1)CN(C)CC2. The van der Waals surface area contributed by atoms with Gasteiger partial charge in [-0.25, -0.2) is 9.97 Å². The first-order chi connectivity index (χ1) is 7.72. The molecule has 2 heterocycles. The molecule has 1 aromatic rings. The molecule has 1 aliphatic heterocycles. The fraction of sp³-hybridized carbons (Fsp3) is 0.667. The van der Waals surface area contributed by atoms with Gasteiger partial charge in [0.2, 0.25) is 0 Å². The van der Waals surface area contributed by atoms with E-state index in [2.05, 4.69) is 27.2 Å². The van der Waals surface area contributed by atoms with Crippen molar-refractivity contribution in [2.45, 2.75) is 38.8 Å². The van der Waals surface area contributed by atoms with Crippen LogP contribution in [0.3, 0.4) is 0 Å². The first-order valence-electron chi connectivity index (χ1n) is 6.04. The van der Waals surface area contributed by atoms with Gasteiger partial charge in [0.05, 0.1) is 5.69 Å². The fourth-order valence-electron chi connectivity index (χ4n) is 2.21. The van der Waals surface area contributed by atoms with Crippen LogP contribution < -0.4 is 5.32 Å². The molecule has 4 heteroatoms. The average Bonchev–Trinajstić information content (AvgIpc) is 3.03. The van der Waals surface area contributed by atoms with E-state index in [0.717, 1.165) is 31.2 Å². The van der Waals surface area contributed by atoms with Gasteiger partial charge in [0.25, 0.3) is 0 Å². The summed E-state index contributed by atoms with van der Waals surface area (Å²) in [4.78, 5) is 11.4. The topological polar surface area (TPSA) is 41.1 Å². The monoisotopic (exact) mass is 218 g/mol. The van der Waals surface area contributed by atoms with Gasteiger partial charge in [-0.05, 0) is 26.8 Å². The number of aryl methyl sites for hydroxylation is 1. The molecule has 0 spiro atoms. The van der Waals surface area contributed by atoms with E-state index in [1.54, 1.807) is 0 Å². The number of hydrogen-bond donors (Lipinski definition) is 1. The Morgan fingerprint density at radius 1 is 1.31 bits per heavy atom. The summed E-state index contributed by atoms with van der Waals surface area (Å²) in [6.07, 6.45) is 3.62. The van der Waals surface area contributed by atoms with E-state index in [-0.39, 0.29) is 0 Å². The first kappa shape index (κ1) is 10.0. The lowest BCUT2D eigenvalue weighted by Gasteiger charge is -2.26. The molecular formula is C12H18N4. The van der Waals surface area contributed by atoms with Crippen LogP contribution in [-0.2, 0) is 13.0 Å². The lowest BCUT2D eigenvalue weighted by Crippen LogP contribution is -2.29. The summed E-state index contributed by atoms with van der Waals surface area (Å²) in [6, 6.07) is 0.658. The average molecular weight is 218 g/mol. The maximum absolute atomic E-state index is 4.56. The molecule has 0 aromatic carbocycles. The van der Waals surface area contributed by atoms with Gasteiger partial charge >= 0.3 is 0 Å². The first-order valence-corrected chi connectivity index (χ1v) is 6.04. The summed E-state index contributed by atoms with van der Waals surface area (Å²) in [7, 11) is 2.16. The van der Waals surface area contributed by atoms with Gasteiger partial charge < -0.3 is 10.2 Å². The van der Waals surface area contributed by atoms with Gasteiger partial charge in [-0.2, -0.15) is 0 Å². The minimum absolute atomic E-state index is 0.658. The standard InChI is InChI=1S/C12H18N4/c1-8-13-11-5-6-16(2)7-10(11)12(14-8)15-9-3-4-9/h9H,3-7H2,1-2H3,(H,13,14,15). The molecule has 1 N–H and O–H groups in total. The molecule has 0 bridgehead atoms. The Labute approximate surface area is 96.1 Å². The van der Waals surface area contributed by atoms with Gasteiger partial charge in [-0.15, -0.1) is 0 Å². The van der Waals surface area contributed by atoms with Crippen molar-refractivity contribution in [2.24, 2.45) is 0 Å². The van der Waals surface area contributed by atoms with Crippen molar-refractivity contribution in [1.82, 2.24) is 14.9 Å². The lowest BCUT2D eigenvalue weighted by atomic mass is 10.1. The minimum Gasteiger partial charge on any atom is -0.367 e. The zero-order valence-electron chi connectivity index (χ0n) is 9.95. The maximum Gasteiger partial charge on any atom is 0.134 e. The minimum atomic E-state index is 0.658. The highest BCUT2D eigenvalue weighted by Gasteiger charge is 2.25. The van der Waals surface area contributed by atoms with E-state index in [4.69, 9.17) is 0 Å². The highest BCUT2D eigenvalue weighted by molar-refractivity contribution is 5.49. The quantitative estimate of drug-likeness (QED) is 0.813. The second kappa shape index (κ2) is 3.70. The molecule has 0 radical (unpaired) electrons. The van der Waals surface area contributed by atoms with Crippen LogP contribution in [0, 0.1) is 6.92 Å². The van der Waals surface area contributed by atoms with E-state index in [1.165, 1.54) is 24.1 Å². The van der Waals surface area contributed by atoms with Gasteiger partial charge in [0, 0.05) is 31.1 Å². The summed E-state index contributed by atoms with van der Waals surface area (Å²) in [6.45, 7) is 4.06. The van der Waals surface area contributed by atoms with Crippen LogP contribution in [-0.4, -0.2) is 34.5 Å². The Kier molecular flexibility index (Phi) is 2.32. The van der Waals surface area contributed by atoms with Crippen LogP contribution in [0.4, 0.5) is 5.82 Å². The highest BCUT2D eigenvalue weighted by atomic mass is 15.1. The van der Waals surface area contributed by atoms with E-state index < -0.39 is 0 Å². The second-order valence-corrected chi connectivity index (χ2v) is 4.95. The third-order valence-corrected chi connectivity index (χ3v) is 3.28. The molecule has 86 valence electrons. The zero-order chi connectivity index (χ0) is 11.1. The Morgan fingerprint density at radius 2 is 2.12 bits per heavy atom. The van der Waals surface area contributed by atoms with Crippen LogP contribution in [0.25, 0.3) is 0 Å². The molecule has 1 aromatic heterocycles. The molecule has 1 saturated carbocycles. The summed E-state index contributed by atoms with van der Waals surface area (Å²) < 4.78 is 0. The number of anilines is 1. The number of nitrogens with zero attached hydrogens (tertiary/aromatic N) is 3. The van der Waals surface area contributed by atoms with Crippen molar-refractivity contribution in [1.29, 1.82) is 0 Å². The van der Waals surface area contributed by atoms with Gasteiger partial charge in [-0.1, -0.05) is 0 Å². The van der Waals surface area contributed by atoms with E-state index >= 15 is 0 Å². The van der Waals surface area contributed by atoms with Crippen molar-refractivity contribution >= 4 is 5.82 Å². The van der Waals surface area contributed by atoms with Gasteiger partial charge in [0.15, 0.2) is 0 Å². The van der Waals surface area contributed by atoms with Crippen LogP contribution in [0.1, 0.15) is 29.9 Å². The van der Waals surface area contributed by atoms with E-state index in [0.29, 0.717) is 6.04 Å².